The molecule has 0 unspecified atom stereocenters. The largest absolute Gasteiger partial charge is 0.356 e. The van der Waals surface area contributed by atoms with E-state index in [9.17, 15) is 4.79 Å². The number of pyridine rings is 1. The van der Waals surface area contributed by atoms with Crippen LogP contribution in [0.1, 0.15) is 24.2 Å². The van der Waals surface area contributed by atoms with E-state index in [-0.39, 0.29) is 5.91 Å². The van der Waals surface area contributed by atoms with Gasteiger partial charge in [-0.25, -0.2) is 0 Å². The molecule has 0 bridgehead atoms. The van der Waals surface area contributed by atoms with Crippen LogP contribution in [0.5, 0.6) is 0 Å². The lowest BCUT2D eigenvalue weighted by Gasteiger charge is -2.35. The Bertz CT molecular complexity index is 678. The first kappa shape index (κ1) is 17.1. The molecule has 1 aliphatic heterocycles. The molecule has 0 radical (unpaired) electrons. The van der Waals surface area contributed by atoms with Crippen molar-refractivity contribution < 1.29 is 4.79 Å². The van der Waals surface area contributed by atoms with Crippen molar-refractivity contribution in [2.45, 2.75) is 13.8 Å². The monoisotopic (exact) mass is 340 g/mol. The molecule has 7 nitrogen and oxygen atoms in total. The topological polar surface area (TPSA) is 65.5 Å². The first-order valence-corrected chi connectivity index (χ1v) is 8.75. The fourth-order valence-corrected chi connectivity index (χ4v) is 3.02. The summed E-state index contributed by atoms with van der Waals surface area (Å²) in [7, 11) is 0. The second kappa shape index (κ2) is 7.92. The molecule has 1 aliphatic rings. The Kier molecular flexibility index (Phi) is 5.42. The number of carbonyl (C=O) groups excluding carboxylic acids is 1. The van der Waals surface area contributed by atoms with E-state index in [0.29, 0.717) is 18.7 Å². The van der Waals surface area contributed by atoms with Crippen molar-refractivity contribution in [3.63, 3.8) is 0 Å². The molecule has 0 aliphatic carbocycles. The minimum absolute atomic E-state index is 0.0602. The van der Waals surface area contributed by atoms with Crippen LogP contribution in [0.2, 0.25) is 0 Å². The number of nitrogens with zero attached hydrogens (tertiary/aromatic N) is 6. The summed E-state index contributed by atoms with van der Waals surface area (Å²) in [5, 5.41) is 8.71. The van der Waals surface area contributed by atoms with Crippen molar-refractivity contribution in [3.05, 3.63) is 42.2 Å². The molecule has 2 aromatic rings. The molecule has 2 aromatic heterocycles. The summed E-state index contributed by atoms with van der Waals surface area (Å²) in [6.45, 7) is 8.93. The van der Waals surface area contributed by atoms with Gasteiger partial charge in [-0.3, -0.25) is 9.78 Å². The van der Waals surface area contributed by atoms with Crippen molar-refractivity contribution in [2.75, 3.05) is 49.1 Å². The molecular formula is C18H24N6O. The third kappa shape index (κ3) is 3.87. The smallest absolute Gasteiger partial charge is 0.254 e. The van der Waals surface area contributed by atoms with E-state index in [1.54, 1.807) is 24.5 Å². The highest BCUT2D eigenvalue weighted by Crippen LogP contribution is 2.17. The Labute approximate surface area is 148 Å². The number of carbonyl (C=O) groups is 1. The maximum absolute atomic E-state index is 12.5. The summed E-state index contributed by atoms with van der Waals surface area (Å²) < 4.78 is 0. The quantitative estimate of drug-likeness (QED) is 0.825. The second-order valence-corrected chi connectivity index (χ2v) is 5.94. The molecule has 132 valence electrons. The van der Waals surface area contributed by atoms with Gasteiger partial charge in [0.1, 0.15) is 0 Å². The molecule has 7 heteroatoms. The molecule has 25 heavy (non-hydrogen) atoms. The fourth-order valence-electron chi connectivity index (χ4n) is 3.02. The summed E-state index contributed by atoms with van der Waals surface area (Å²) in [6, 6.07) is 7.54. The van der Waals surface area contributed by atoms with Gasteiger partial charge in [0.15, 0.2) is 11.6 Å². The third-order valence-corrected chi connectivity index (χ3v) is 4.54. The molecule has 1 fully saturated rings. The lowest BCUT2D eigenvalue weighted by molar-refractivity contribution is 0.0746. The van der Waals surface area contributed by atoms with Gasteiger partial charge in [-0.1, -0.05) is 0 Å². The molecule has 0 N–H and O–H groups in total. The van der Waals surface area contributed by atoms with Crippen LogP contribution in [0.3, 0.4) is 0 Å². The minimum Gasteiger partial charge on any atom is -0.356 e. The number of rotatable bonds is 5. The lowest BCUT2D eigenvalue weighted by Crippen LogP contribution is -2.49. The molecule has 3 heterocycles. The number of amides is 1. The van der Waals surface area contributed by atoms with Gasteiger partial charge in [0.05, 0.1) is 0 Å². The van der Waals surface area contributed by atoms with E-state index in [4.69, 9.17) is 0 Å². The van der Waals surface area contributed by atoms with Crippen molar-refractivity contribution >= 4 is 17.5 Å². The number of aromatic nitrogens is 3. The van der Waals surface area contributed by atoms with E-state index in [0.717, 1.165) is 37.8 Å². The average Bonchev–Trinajstić information content (AvgIpc) is 2.70. The van der Waals surface area contributed by atoms with Gasteiger partial charge in [-0.15, -0.1) is 10.2 Å². The van der Waals surface area contributed by atoms with Crippen molar-refractivity contribution in [3.8, 4) is 0 Å². The predicted octanol–water partition coefficient (Wildman–Crippen LogP) is 1.68. The zero-order chi connectivity index (χ0) is 17.6. The standard InChI is InChI=1S/C18H24N6O/c1-3-22(4-2)16-5-6-17(21-20-16)23-11-13-24(14-12-23)18(25)15-7-9-19-10-8-15/h5-10H,3-4,11-14H2,1-2H3. The minimum atomic E-state index is 0.0602. The molecule has 1 saturated heterocycles. The van der Waals surface area contributed by atoms with Crippen LogP contribution >= 0.6 is 0 Å². The SMILES string of the molecule is CCN(CC)c1ccc(N2CCN(C(=O)c3ccncc3)CC2)nn1. The summed E-state index contributed by atoms with van der Waals surface area (Å²) in [6.07, 6.45) is 3.30. The van der Waals surface area contributed by atoms with Gasteiger partial charge >= 0.3 is 0 Å². The van der Waals surface area contributed by atoms with E-state index < -0.39 is 0 Å². The van der Waals surface area contributed by atoms with Gasteiger partial charge in [-0.05, 0) is 38.1 Å². The summed E-state index contributed by atoms with van der Waals surface area (Å²) >= 11 is 0. The lowest BCUT2D eigenvalue weighted by atomic mass is 10.2. The number of anilines is 2. The highest BCUT2D eigenvalue weighted by Gasteiger charge is 2.23. The molecule has 0 aromatic carbocycles. The third-order valence-electron chi connectivity index (χ3n) is 4.54. The first-order valence-electron chi connectivity index (χ1n) is 8.75. The molecule has 3 rings (SSSR count). The molecular weight excluding hydrogens is 316 g/mol. The van der Waals surface area contributed by atoms with E-state index >= 15 is 0 Å². The zero-order valence-corrected chi connectivity index (χ0v) is 14.8. The first-order chi connectivity index (χ1) is 12.2. The number of hydrogen-bond donors (Lipinski definition) is 0. The van der Waals surface area contributed by atoms with Crippen LogP contribution < -0.4 is 9.80 Å². The Morgan fingerprint density at radius 3 is 2.24 bits per heavy atom. The van der Waals surface area contributed by atoms with Crippen LogP contribution in [0.15, 0.2) is 36.7 Å². The van der Waals surface area contributed by atoms with Gasteiger partial charge in [0.2, 0.25) is 0 Å². The predicted molar refractivity (Wildman–Crippen MR) is 97.9 cm³/mol. The molecule has 0 atom stereocenters. The second-order valence-electron chi connectivity index (χ2n) is 5.94. The van der Waals surface area contributed by atoms with Crippen LogP contribution in [0.4, 0.5) is 11.6 Å². The van der Waals surface area contributed by atoms with E-state index in [2.05, 4.69) is 38.8 Å². The Morgan fingerprint density at radius 1 is 1.00 bits per heavy atom. The summed E-state index contributed by atoms with van der Waals surface area (Å²) in [5.74, 6) is 1.83. The maximum atomic E-state index is 12.5. The zero-order valence-electron chi connectivity index (χ0n) is 14.8. The molecule has 0 spiro atoms. The Balaban J connectivity index is 1.60. The van der Waals surface area contributed by atoms with Gasteiger partial charge in [-0.2, -0.15) is 0 Å². The van der Waals surface area contributed by atoms with E-state index in [1.807, 2.05) is 17.0 Å². The average molecular weight is 340 g/mol. The summed E-state index contributed by atoms with van der Waals surface area (Å²) in [5.41, 5.74) is 0.687. The van der Waals surface area contributed by atoms with Crippen molar-refractivity contribution in [1.29, 1.82) is 0 Å². The van der Waals surface area contributed by atoms with Gasteiger partial charge in [0.25, 0.3) is 5.91 Å². The fraction of sp³-hybridized carbons (Fsp3) is 0.444. The molecule has 0 saturated carbocycles. The number of hydrogen-bond acceptors (Lipinski definition) is 6. The highest BCUT2D eigenvalue weighted by molar-refractivity contribution is 5.94. The van der Waals surface area contributed by atoms with Crippen LogP contribution in [-0.2, 0) is 0 Å². The Hall–Kier alpha value is -2.70. The normalized spacial score (nSPS) is 14.5. The summed E-state index contributed by atoms with van der Waals surface area (Å²) in [4.78, 5) is 22.7. The van der Waals surface area contributed by atoms with E-state index in [1.165, 1.54) is 0 Å². The maximum Gasteiger partial charge on any atom is 0.254 e. The van der Waals surface area contributed by atoms with Crippen LogP contribution in [-0.4, -0.2) is 65.3 Å². The van der Waals surface area contributed by atoms with Crippen LogP contribution in [0.25, 0.3) is 0 Å². The highest BCUT2D eigenvalue weighted by atomic mass is 16.2. The van der Waals surface area contributed by atoms with Crippen LogP contribution in [0, 0.1) is 0 Å². The number of piperazine rings is 1. The molecule has 1 amide bonds. The van der Waals surface area contributed by atoms with Gasteiger partial charge < -0.3 is 14.7 Å². The van der Waals surface area contributed by atoms with Crippen molar-refractivity contribution in [1.82, 2.24) is 20.1 Å². The Morgan fingerprint density at radius 2 is 1.68 bits per heavy atom. The van der Waals surface area contributed by atoms with Gasteiger partial charge in [0, 0.05) is 57.2 Å². The van der Waals surface area contributed by atoms with Crippen molar-refractivity contribution in [2.24, 2.45) is 0 Å².